The van der Waals surface area contributed by atoms with Crippen LogP contribution in [0, 0.1) is 17.8 Å². The summed E-state index contributed by atoms with van der Waals surface area (Å²) in [6.07, 6.45) is 8.63. The Kier molecular flexibility index (Phi) is 5.34. The van der Waals surface area contributed by atoms with E-state index in [-0.39, 0.29) is 41.7 Å². The second-order valence-corrected chi connectivity index (χ2v) is 10.1. The maximum absolute atomic E-state index is 13.7. The van der Waals surface area contributed by atoms with Crippen molar-refractivity contribution < 1.29 is 9.59 Å². The van der Waals surface area contributed by atoms with E-state index in [1.54, 1.807) is 0 Å². The molecule has 30 heavy (non-hydrogen) atoms. The third-order valence-corrected chi connectivity index (χ3v) is 8.22. The molecule has 0 aromatic heterocycles. The summed E-state index contributed by atoms with van der Waals surface area (Å²) in [6.45, 7) is 3.99. The molecule has 5 fully saturated rings. The summed E-state index contributed by atoms with van der Waals surface area (Å²) in [5.74, 6) is 0.720. The Morgan fingerprint density at radius 2 is 1.97 bits per heavy atom. The highest BCUT2D eigenvalue weighted by molar-refractivity contribution is 5.96. The summed E-state index contributed by atoms with van der Waals surface area (Å²) in [4.78, 5) is 29.4. The molecule has 2 saturated carbocycles. The lowest BCUT2D eigenvalue weighted by molar-refractivity contribution is -0.155. The van der Waals surface area contributed by atoms with Crippen LogP contribution in [0.15, 0.2) is 30.3 Å². The molecule has 5 nitrogen and oxygen atoms in total. The largest absolute Gasteiger partial charge is 0.351 e. The molecule has 1 aromatic carbocycles. The van der Waals surface area contributed by atoms with Crippen LogP contribution in [0.3, 0.4) is 0 Å². The molecule has 162 valence electrons. The van der Waals surface area contributed by atoms with E-state index in [9.17, 15) is 9.59 Å². The maximum Gasteiger partial charge on any atom is 0.246 e. The third kappa shape index (κ3) is 3.26. The van der Waals surface area contributed by atoms with Crippen LogP contribution in [0.2, 0.25) is 0 Å². The molecule has 2 amide bonds. The third-order valence-electron chi connectivity index (χ3n) is 8.22. The van der Waals surface area contributed by atoms with Crippen LogP contribution in [-0.2, 0) is 16.1 Å². The summed E-state index contributed by atoms with van der Waals surface area (Å²) in [5.41, 5.74) is 0.567. The number of fused-ring (bicyclic) bond motifs is 1. The average Bonchev–Trinajstić information content (AvgIpc) is 3.06. The number of likely N-dealkylation sites (tertiary alicyclic amines) is 1. The van der Waals surface area contributed by atoms with Gasteiger partial charge in [0.05, 0.1) is 5.92 Å². The summed E-state index contributed by atoms with van der Waals surface area (Å²) in [7, 11) is 0. The second-order valence-electron chi connectivity index (χ2n) is 10.1. The van der Waals surface area contributed by atoms with E-state index in [4.69, 9.17) is 0 Å². The van der Waals surface area contributed by atoms with E-state index >= 15 is 0 Å². The Morgan fingerprint density at radius 1 is 1.20 bits per heavy atom. The van der Waals surface area contributed by atoms with Crippen LogP contribution in [0.4, 0.5) is 0 Å². The van der Waals surface area contributed by atoms with Gasteiger partial charge in [-0.1, -0.05) is 62.9 Å². The van der Waals surface area contributed by atoms with Crippen LogP contribution >= 0.6 is 0 Å². The fourth-order valence-corrected chi connectivity index (χ4v) is 7.01. The number of benzene rings is 1. The lowest BCUT2D eigenvalue weighted by Crippen LogP contribution is -2.76. The van der Waals surface area contributed by atoms with Crippen molar-refractivity contribution in [2.24, 2.45) is 17.8 Å². The second kappa shape index (κ2) is 7.99. The molecule has 2 N–H and O–H groups in total. The van der Waals surface area contributed by atoms with Crippen LogP contribution in [0.25, 0.3) is 0 Å². The molecule has 0 unspecified atom stereocenters. The number of hydrogen-bond donors (Lipinski definition) is 2. The van der Waals surface area contributed by atoms with Gasteiger partial charge in [0.2, 0.25) is 11.8 Å². The Labute approximate surface area is 180 Å². The molecule has 4 bridgehead atoms. The van der Waals surface area contributed by atoms with Crippen LogP contribution in [0.1, 0.15) is 63.9 Å². The topological polar surface area (TPSA) is 61.4 Å². The van der Waals surface area contributed by atoms with Crippen LogP contribution in [-0.4, -0.2) is 40.9 Å². The molecule has 0 spiro atoms. The summed E-state index contributed by atoms with van der Waals surface area (Å²) in [6, 6.07) is 11.0. The quantitative estimate of drug-likeness (QED) is 0.758. The molecule has 3 aliphatic heterocycles. The van der Waals surface area contributed by atoms with Crippen molar-refractivity contribution in [2.45, 2.75) is 82.5 Å². The van der Waals surface area contributed by atoms with Crippen molar-refractivity contribution in [3.63, 3.8) is 0 Å². The van der Waals surface area contributed by atoms with Crippen molar-refractivity contribution in [3.05, 3.63) is 35.9 Å². The predicted octanol–water partition coefficient (Wildman–Crippen LogP) is 3.24. The zero-order valence-electron chi connectivity index (χ0n) is 18.1. The van der Waals surface area contributed by atoms with Crippen molar-refractivity contribution in [1.82, 2.24) is 15.5 Å². The van der Waals surface area contributed by atoms with E-state index < -0.39 is 5.54 Å². The lowest BCUT2D eigenvalue weighted by atomic mass is 9.58. The summed E-state index contributed by atoms with van der Waals surface area (Å²) in [5, 5.41) is 6.64. The first-order chi connectivity index (χ1) is 14.6. The van der Waals surface area contributed by atoms with Gasteiger partial charge in [0, 0.05) is 31.1 Å². The van der Waals surface area contributed by atoms with E-state index in [0.717, 1.165) is 45.2 Å². The average molecular weight is 410 g/mol. The molecule has 2 aliphatic carbocycles. The SMILES string of the molecule is CCC[C@@H]1[C@@H]2[C@@H]3C(=O)N[C@@]1(C(=O)NC1CCCCC1)C[C@@H]3CN2Cc1ccccc1. The minimum absolute atomic E-state index is 0.0367. The van der Waals surface area contributed by atoms with Gasteiger partial charge in [-0.3, -0.25) is 14.5 Å². The van der Waals surface area contributed by atoms with Gasteiger partial charge in [-0.25, -0.2) is 0 Å². The molecular weight excluding hydrogens is 374 g/mol. The number of piperidine rings is 2. The molecule has 5 heteroatoms. The van der Waals surface area contributed by atoms with E-state index in [2.05, 4.69) is 46.7 Å². The van der Waals surface area contributed by atoms with Crippen molar-refractivity contribution in [1.29, 1.82) is 0 Å². The molecule has 3 saturated heterocycles. The molecule has 1 aromatic rings. The normalized spacial score (nSPS) is 36.0. The van der Waals surface area contributed by atoms with Crippen molar-refractivity contribution >= 4 is 11.8 Å². The van der Waals surface area contributed by atoms with Gasteiger partial charge in [0.25, 0.3) is 0 Å². The minimum Gasteiger partial charge on any atom is -0.351 e. The van der Waals surface area contributed by atoms with E-state index in [1.165, 1.54) is 24.8 Å². The van der Waals surface area contributed by atoms with Gasteiger partial charge >= 0.3 is 0 Å². The van der Waals surface area contributed by atoms with Gasteiger partial charge in [-0.05, 0) is 37.2 Å². The number of nitrogens with zero attached hydrogens (tertiary/aromatic N) is 1. The predicted molar refractivity (Wildman–Crippen MR) is 117 cm³/mol. The first kappa shape index (κ1) is 20.0. The molecule has 6 rings (SSSR count). The number of amides is 2. The van der Waals surface area contributed by atoms with Gasteiger partial charge < -0.3 is 10.6 Å². The minimum atomic E-state index is -0.722. The van der Waals surface area contributed by atoms with Gasteiger partial charge in [-0.15, -0.1) is 0 Å². The first-order valence-electron chi connectivity index (χ1n) is 12.0. The monoisotopic (exact) mass is 409 g/mol. The molecule has 0 radical (unpaired) electrons. The number of carbonyl (C=O) groups is 2. The van der Waals surface area contributed by atoms with Crippen molar-refractivity contribution in [3.8, 4) is 0 Å². The number of carbonyl (C=O) groups excluding carboxylic acids is 2. The van der Waals surface area contributed by atoms with E-state index in [0.29, 0.717) is 0 Å². The van der Waals surface area contributed by atoms with Crippen LogP contribution < -0.4 is 10.6 Å². The standard InChI is InChI=1S/C25H35N3O2/c1-2-9-20-22-21-18(16-28(22)15-17-10-5-3-6-11-17)14-25(20,27-23(21)29)24(30)26-19-12-7-4-8-13-19/h3,5-6,10-11,18-22H,2,4,7-9,12-16H2,1H3,(H,26,30)(H,27,29)/t18-,20-,21-,22-,25+/m1/s1. The Morgan fingerprint density at radius 3 is 2.70 bits per heavy atom. The van der Waals surface area contributed by atoms with Gasteiger partial charge in [-0.2, -0.15) is 0 Å². The fraction of sp³-hybridized carbons (Fsp3) is 0.680. The number of rotatable bonds is 6. The maximum atomic E-state index is 13.7. The van der Waals surface area contributed by atoms with Crippen molar-refractivity contribution in [2.75, 3.05) is 6.54 Å². The lowest BCUT2D eigenvalue weighted by Gasteiger charge is -2.55. The highest BCUT2D eigenvalue weighted by atomic mass is 16.2. The Bertz CT molecular complexity index is 791. The zero-order chi connectivity index (χ0) is 20.7. The summed E-state index contributed by atoms with van der Waals surface area (Å²) >= 11 is 0. The highest BCUT2D eigenvalue weighted by Gasteiger charge is 2.67. The van der Waals surface area contributed by atoms with Gasteiger partial charge in [0.1, 0.15) is 5.54 Å². The Balaban J connectivity index is 1.43. The zero-order valence-corrected chi connectivity index (χ0v) is 18.1. The first-order valence-corrected chi connectivity index (χ1v) is 12.0. The molecular formula is C25H35N3O2. The van der Waals surface area contributed by atoms with Crippen LogP contribution in [0.5, 0.6) is 0 Å². The summed E-state index contributed by atoms with van der Waals surface area (Å²) < 4.78 is 0. The van der Waals surface area contributed by atoms with Gasteiger partial charge in [0.15, 0.2) is 0 Å². The molecule has 5 atom stereocenters. The fourth-order valence-electron chi connectivity index (χ4n) is 7.01. The molecule has 5 aliphatic rings. The molecule has 3 heterocycles. The highest BCUT2D eigenvalue weighted by Crippen LogP contribution is 2.54. The number of hydrogen-bond acceptors (Lipinski definition) is 3. The van der Waals surface area contributed by atoms with E-state index in [1.807, 2.05) is 6.07 Å². The number of nitrogens with one attached hydrogen (secondary N) is 2. The Hall–Kier alpha value is -1.88. The smallest absolute Gasteiger partial charge is 0.246 e.